The zero-order valence-electron chi connectivity index (χ0n) is 15.1. The van der Waals surface area contributed by atoms with Gasteiger partial charge in [-0.15, -0.1) is 0 Å². The molecule has 0 saturated carbocycles. The summed E-state index contributed by atoms with van der Waals surface area (Å²) in [6.07, 6.45) is 4.85. The molecule has 144 valence electrons. The van der Waals surface area contributed by atoms with Crippen LogP contribution in [0.4, 0.5) is 4.39 Å². The summed E-state index contributed by atoms with van der Waals surface area (Å²) in [6, 6.07) is 5.49. The number of halogens is 1. The second-order valence-corrected chi connectivity index (χ2v) is 7.84. The summed E-state index contributed by atoms with van der Waals surface area (Å²) in [6.45, 7) is 4.16. The number of fused-ring (bicyclic) bond motifs is 1. The van der Waals surface area contributed by atoms with E-state index in [1.165, 1.54) is 12.1 Å². The van der Waals surface area contributed by atoms with Crippen LogP contribution in [0.15, 0.2) is 41.6 Å². The van der Waals surface area contributed by atoms with Crippen molar-refractivity contribution in [2.45, 2.75) is 31.6 Å². The van der Waals surface area contributed by atoms with E-state index in [-0.39, 0.29) is 17.2 Å². The molecular weight excluding hydrogens is 371 g/mol. The third-order valence-corrected chi connectivity index (χ3v) is 5.40. The summed E-state index contributed by atoms with van der Waals surface area (Å²) in [5.41, 5.74) is 2.61. The molecule has 2 heterocycles. The molecule has 0 amide bonds. The summed E-state index contributed by atoms with van der Waals surface area (Å²) in [5.74, 6) is -0.665. The third kappa shape index (κ3) is 4.61. The Morgan fingerprint density at radius 2 is 2.11 bits per heavy atom. The molecule has 3 aromatic rings. The number of sulfonamides is 1. The van der Waals surface area contributed by atoms with E-state index in [2.05, 4.69) is 14.8 Å². The first-order valence-electron chi connectivity index (χ1n) is 8.62. The van der Waals surface area contributed by atoms with Crippen LogP contribution >= 0.6 is 0 Å². The van der Waals surface area contributed by atoms with Crippen LogP contribution in [-0.4, -0.2) is 36.2 Å². The Morgan fingerprint density at radius 1 is 1.30 bits per heavy atom. The minimum atomic E-state index is -3.78. The molecule has 27 heavy (non-hydrogen) atoms. The highest BCUT2D eigenvalue weighted by Crippen LogP contribution is 2.21. The molecule has 1 aromatic carbocycles. The lowest BCUT2D eigenvalue weighted by molar-refractivity contribution is 0.321. The molecule has 0 aliphatic rings. The number of ether oxygens (including phenoxy) is 1. The fraction of sp³-hybridized carbons (Fsp3) is 0.333. The number of rotatable bonds is 8. The van der Waals surface area contributed by atoms with E-state index in [1.54, 1.807) is 17.6 Å². The second kappa shape index (κ2) is 8.01. The van der Waals surface area contributed by atoms with Gasteiger partial charge >= 0.3 is 0 Å². The predicted octanol–water partition coefficient (Wildman–Crippen LogP) is 2.49. The fourth-order valence-electron chi connectivity index (χ4n) is 2.67. The van der Waals surface area contributed by atoms with Crippen LogP contribution in [0.5, 0.6) is 5.75 Å². The van der Waals surface area contributed by atoms with Crippen molar-refractivity contribution in [1.29, 1.82) is 0 Å². The molecule has 1 N–H and O–H groups in total. The van der Waals surface area contributed by atoms with Gasteiger partial charge in [-0.1, -0.05) is 0 Å². The van der Waals surface area contributed by atoms with Crippen molar-refractivity contribution < 1.29 is 17.5 Å². The van der Waals surface area contributed by atoms with Gasteiger partial charge in [-0.25, -0.2) is 27.0 Å². The van der Waals surface area contributed by atoms with Crippen LogP contribution in [0.25, 0.3) is 5.65 Å². The van der Waals surface area contributed by atoms with E-state index >= 15 is 0 Å². The Labute approximate surface area is 157 Å². The monoisotopic (exact) mass is 392 g/mol. The largest absolute Gasteiger partial charge is 0.491 e. The smallest absolute Gasteiger partial charge is 0.240 e. The average Bonchev–Trinajstić information content (AvgIpc) is 3.00. The van der Waals surface area contributed by atoms with Crippen molar-refractivity contribution in [2.75, 3.05) is 13.2 Å². The minimum absolute atomic E-state index is 0.0354. The number of nitrogens with one attached hydrogen (secondary N) is 1. The van der Waals surface area contributed by atoms with Gasteiger partial charge in [-0.05, 0) is 50.5 Å². The van der Waals surface area contributed by atoms with Gasteiger partial charge in [0.1, 0.15) is 0 Å². The first-order valence-corrected chi connectivity index (χ1v) is 10.1. The van der Waals surface area contributed by atoms with E-state index in [4.69, 9.17) is 4.74 Å². The van der Waals surface area contributed by atoms with Crippen LogP contribution < -0.4 is 9.46 Å². The van der Waals surface area contributed by atoms with Gasteiger partial charge in [0.25, 0.3) is 0 Å². The lowest BCUT2D eigenvalue weighted by Crippen LogP contribution is -2.25. The van der Waals surface area contributed by atoms with Crippen molar-refractivity contribution in [2.24, 2.45) is 0 Å². The van der Waals surface area contributed by atoms with Crippen molar-refractivity contribution in [1.82, 2.24) is 19.3 Å². The molecule has 9 heteroatoms. The zero-order chi connectivity index (χ0) is 19.4. The van der Waals surface area contributed by atoms with Crippen LogP contribution in [0.2, 0.25) is 0 Å². The summed E-state index contributed by atoms with van der Waals surface area (Å²) in [7, 11) is -3.78. The highest BCUT2D eigenvalue weighted by molar-refractivity contribution is 7.89. The van der Waals surface area contributed by atoms with Crippen molar-refractivity contribution in [3.8, 4) is 5.75 Å². The number of aromatic nitrogens is 3. The number of nitrogens with zero attached hydrogens (tertiary/aromatic N) is 3. The van der Waals surface area contributed by atoms with Gasteiger partial charge in [0.15, 0.2) is 17.2 Å². The standard InChI is InChI=1S/C18H21FN4O3S/c1-3-26-17-7-6-15(10-16(17)19)27(24,25)21-8-4-5-14-11-20-18-9-13(2)22-23(18)12-14/h6-7,9-12,21H,3-5,8H2,1-2H3. The molecular formula is C18H21FN4O3S. The lowest BCUT2D eigenvalue weighted by atomic mass is 10.2. The molecule has 0 unspecified atom stereocenters. The van der Waals surface area contributed by atoms with Crippen LogP contribution in [0.3, 0.4) is 0 Å². The molecule has 0 aliphatic heterocycles. The highest BCUT2D eigenvalue weighted by atomic mass is 32.2. The number of aryl methyl sites for hydroxylation is 2. The normalized spacial score (nSPS) is 11.8. The minimum Gasteiger partial charge on any atom is -0.491 e. The molecule has 0 spiro atoms. The van der Waals surface area contributed by atoms with Gasteiger partial charge in [0, 0.05) is 25.0 Å². The van der Waals surface area contributed by atoms with Gasteiger partial charge in [0.05, 0.1) is 17.2 Å². The number of hydrogen-bond acceptors (Lipinski definition) is 5. The van der Waals surface area contributed by atoms with Crippen LogP contribution in [0, 0.1) is 12.7 Å². The Kier molecular flexibility index (Phi) is 5.71. The first-order chi connectivity index (χ1) is 12.9. The van der Waals surface area contributed by atoms with E-state index in [0.29, 0.717) is 19.4 Å². The van der Waals surface area contributed by atoms with Crippen molar-refractivity contribution in [3.63, 3.8) is 0 Å². The second-order valence-electron chi connectivity index (χ2n) is 6.08. The van der Waals surface area contributed by atoms with Gasteiger partial charge in [-0.2, -0.15) is 5.10 Å². The Hall–Kier alpha value is -2.52. The summed E-state index contributed by atoms with van der Waals surface area (Å²) >= 11 is 0. The summed E-state index contributed by atoms with van der Waals surface area (Å²) in [4.78, 5) is 4.19. The maximum Gasteiger partial charge on any atom is 0.240 e. The lowest BCUT2D eigenvalue weighted by Gasteiger charge is -2.09. The molecule has 0 bridgehead atoms. The molecule has 0 atom stereocenters. The van der Waals surface area contributed by atoms with Crippen LogP contribution in [-0.2, 0) is 16.4 Å². The Balaban J connectivity index is 1.57. The predicted molar refractivity (Wildman–Crippen MR) is 98.8 cm³/mol. The highest BCUT2D eigenvalue weighted by Gasteiger charge is 2.16. The third-order valence-electron chi connectivity index (χ3n) is 3.94. The van der Waals surface area contributed by atoms with Gasteiger partial charge in [-0.3, -0.25) is 0 Å². The van der Waals surface area contributed by atoms with Gasteiger partial charge in [0.2, 0.25) is 10.0 Å². The maximum absolute atomic E-state index is 13.9. The quantitative estimate of drug-likeness (QED) is 0.595. The molecule has 3 rings (SSSR count). The average molecular weight is 392 g/mol. The fourth-order valence-corrected chi connectivity index (χ4v) is 3.75. The Morgan fingerprint density at radius 3 is 2.85 bits per heavy atom. The van der Waals surface area contributed by atoms with E-state index in [1.807, 2.05) is 19.2 Å². The first kappa shape index (κ1) is 19.2. The van der Waals surface area contributed by atoms with E-state index in [9.17, 15) is 12.8 Å². The molecule has 2 aromatic heterocycles. The molecule has 0 radical (unpaired) electrons. The van der Waals surface area contributed by atoms with E-state index in [0.717, 1.165) is 23.0 Å². The van der Waals surface area contributed by atoms with Crippen molar-refractivity contribution >= 4 is 15.7 Å². The summed E-state index contributed by atoms with van der Waals surface area (Å²) < 4.78 is 47.7. The van der Waals surface area contributed by atoms with Crippen LogP contribution in [0.1, 0.15) is 24.6 Å². The zero-order valence-corrected chi connectivity index (χ0v) is 16.0. The molecule has 7 nitrogen and oxygen atoms in total. The Bertz CT molecular complexity index is 1050. The molecule has 0 saturated heterocycles. The number of benzene rings is 1. The van der Waals surface area contributed by atoms with Crippen molar-refractivity contribution in [3.05, 3.63) is 53.7 Å². The molecule has 0 fully saturated rings. The maximum atomic E-state index is 13.9. The topological polar surface area (TPSA) is 85.6 Å². The van der Waals surface area contributed by atoms with E-state index < -0.39 is 15.8 Å². The van der Waals surface area contributed by atoms with Gasteiger partial charge < -0.3 is 4.74 Å². The SMILES string of the molecule is CCOc1ccc(S(=O)(=O)NCCCc2cnc3cc(C)nn3c2)cc1F. The number of hydrogen-bond donors (Lipinski definition) is 1. The molecule has 0 aliphatic carbocycles. The summed E-state index contributed by atoms with van der Waals surface area (Å²) in [5, 5.41) is 4.31.